The third-order valence-electron chi connectivity index (χ3n) is 4.61. The summed E-state index contributed by atoms with van der Waals surface area (Å²) in [6, 6.07) is -0.945. The Bertz CT molecular complexity index is 993. The van der Waals surface area contributed by atoms with Gasteiger partial charge < -0.3 is 9.47 Å². The fraction of sp³-hybridized carbons (Fsp3) is 0.889. The molecule has 0 aliphatic heterocycles. The average Bonchev–Trinajstić information content (AvgIpc) is 2.86. The lowest BCUT2D eigenvalue weighted by Crippen LogP contribution is -2.63. The second-order valence-corrected chi connectivity index (χ2v) is 7.88. The van der Waals surface area contributed by atoms with Crippen LogP contribution in [-0.2, 0) is 18.9 Å². The van der Waals surface area contributed by atoms with Gasteiger partial charge in [-0.3, -0.25) is 9.47 Å². The van der Waals surface area contributed by atoms with Crippen LogP contribution < -0.4 is 0 Å². The third-order valence-corrected chi connectivity index (χ3v) is 4.61. The predicted octanol–water partition coefficient (Wildman–Crippen LogP) is 8.00. The second kappa shape index (κ2) is 14.7. The van der Waals surface area contributed by atoms with Crippen molar-refractivity contribution >= 4 is 0 Å². The van der Waals surface area contributed by atoms with E-state index < -0.39 is 92.0 Å². The highest BCUT2D eigenvalue weighted by atomic mass is 20.0. The topological polar surface area (TPSA) is 84.5 Å². The van der Waals surface area contributed by atoms with Crippen molar-refractivity contribution in [2.75, 3.05) is 0 Å². The largest absolute Gasteiger partial charge is 0.463 e. The van der Waals surface area contributed by atoms with E-state index in [-0.39, 0.29) is 13.0 Å². The summed E-state index contributed by atoms with van der Waals surface area (Å²) in [6.45, 7) is 0.886. The molecule has 6 nitrogen and oxygen atoms in total. The maximum atomic E-state index is 14.3. The summed E-state index contributed by atoms with van der Waals surface area (Å²) < 4.78 is 267. The Kier molecular flexibility index (Phi) is 14.5. The van der Waals surface area contributed by atoms with E-state index in [1.807, 2.05) is 4.74 Å². The maximum Gasteiger partial charge on any atom is 0.463 e. The first-order valence-electron chi connectivity index (χ1n) is 10.4. The highest BCUT2D eigenvalue weighted by Crippen LogP contribution is 2.52. The fourth-order valence-corrected chi connectivity index (χ4v) is 2.43. The molecular formula is C18H14F20N2O4. The molecule has 26 heteroatoms. The molecule has 0 spiro atoms. The minimum atomic E-state index is -7.36. The zero-order valence-corrected chi connectivity index (χ0v) is 20.8. The summed E-state index contributed by atoms with van der Waals surface area (Å²) in [6.07, 6.45) is -45.0. The number of hydrogen-bond acceptors (Lipinski definition) is 6. The van der Waals surface area contributed by atoms with Crippen molar-refractivity contribution in [3.63, 3.8) is 0 Å². The van der Waals surface area contributed by atoms with Crippen molar-refractivity contribution in [3.05, 3.63) is 0 Å². The van der Waals surface area contributed by atoms with E-state index in [0.717, 1.165) is 6.92 Å². The second-order valence-electron chi connectivity index (χ2n) is 7.88. The van der Waals surface area contributed by atoms with Crippen molar-refractivity contribution in [2.24, 2.45) is 0 Å². The van der Waals surface area contributed by atoms with Crippen molar-refractivity contribution in [1.82, 2.24) is 0 Å². The van der Waals surface area contributed by atoms with Gasteiger partial charge in [0.25, 0.3) is 0 Å². The summed E-state index contributed by atoms with van der Waals surface area (Å²) in [5.41, 5.74) is 0. The zero-order chi connectivity index (χ0) is 36.0. The lowest BCUT2D eigenvalue weighted by molar-refractivity contribution is -0.518. The van der Waals surface area contributed by atoms with Crippen LogP contribution in [0, 0.1) is 22.7 Å². The van der Waals surface area contributed by atoms with Crippen molar-refractivity contribution in [2.45, 2.75) is 99.7 Å². The molecule has 0 aromatic heterocycles. The van der Waals surface area contributed by atoms with Gasteiger partial charge in [0.05, 0.1) is 12.2 Å². The van der Waals surface area contributed by atoms with E-state index in [2.05, 4.69) is 14.2 Å². The number of nitriles is 2. The van der Waals surface area contributed by atoms with Crippen LogP contribution in [0.15, 0.2) is 0 Å². The monoisotopic (exact) mass is 702 g/mol. The molecule has 0 aromatic carbocycles. The van der Waals surface area contributed by atoms with Crippen molar-refractivity contribution in [1.29, 1.82) is 10.5 Å². The lowest BCUT2D eigenvalue weighted by atomic mass is 10.1. The molecule has 0 N–H and O–H groups in total. The Balaban J connectivity index is 0. The minimum Gasteiger partial charge on any atom is -0.344 e. The van der Waals surface area contributed by atoms with Gasteiger partial charge in [-0.1, -0.05) is 6.92 Å². The first kappa shape index (κ1) is 43.5. The average molecular weight is 702 g/mol. The molecule has 0 saturated heterocycles. The van der Waals surface area contributed by atoms with Crippen LogP contribution in [0.3, 0.4) is 0 Å². The Morgan fingerprint density at radius 1 is 0.682 bits per heavy atom. The molecule has 0 aliphatic carbocycles. The maximum absolute atomic E-state index is 14.3. The molecule has 0 aliphatic rings. The number of alkyl halides is 18. The highest BCUT2D eigenvalue weighted by molar-refractivity contribution is 5.01. The van der Waals surface area contributed by atoms with Gasteiger partial charge in [-0.15, -0.1) is 0 Å². The number of halogens is 20. The van der Waals surface area contributed by atoms with E-state index in [4.69, 9.17) is 19.7 Å². The summed E-state index contributed by atoms with van der Waals surface area (Å²) in [5, 5.41) is 16.2. The summed E-state index contributed by atoms with van der Waals surface area (Å²) in [5.74, 6) is -25.2. The van der Waals surface area contributed by atoms with E-state index in [1.165, 1.54) is 0 Å². The van der Waals surface area contributed by atoms with Gasteiger partial charge in [0.2, 0.25) is 6.29 Å². The van der Waals surface area contributed by atoms with Crippen molar-refractivity contribution < 1.29 is 107 Å². The SMILES string of the molecule is CCC(CC(C)OC(F)(F)C(F)(OC(F)(F)C(F)(F)C#N)C(F)(F)F)OC(OC(F)(C#N)C(F)(F)F)C(F)(F)C(F)F.FF. The number of rotatable bonds is 15. The summed E-state index contributed by atoms with van der Waals surface area (Å²) in [4.78, 5) is 0. The highest BCUT2D eigenvalue weighted by Gasteiger charge is 2.80. The molecule has 0 aromatic rings. The van der Waals surface area contributed by atoms with Crippen LogP contribution in [0.5, 0.6) is 0 Å². The number of ether oxygens (including phenoxy) is 4. The van der Waals surface area contributed by atoms with Crippen LogP contribution in [-0.4, -0.2) is 73.0 Å². The molecule has 44 heavy (non-hydrogen) atoms. The number of nitrogens with zero attached hydrogens (tertiary/aromatic N) is 2. The van der Waals surface area contributed by atoms with Gasteiger partial charge in [-0.05, 0) is 19.8 Å². The smallest absolute Gasteiger partial charge is 0.344 e. The van der Waals surface area contributed by atoms with Crippen molar-refractivity contribution in [3.8, 4) is 12.1 Å². The van der Waals surface area contributed by atoms with Crippen LogP contribution in [0.4, 0.5) is 88.2 Å². The number of hydrogen-bond donors (Lipinski definition) is 0. The molecule has 5 atom stereocenters. The van der Waals surface area contributed by atoms with Crippen LogP contribution in [0.25, 0.3) is 0 Å². The molecule has 0 radical (unpaired) electrons. The molecule has 0 rings (SSSR count). The minimum absolute atomic E-state index is 0.143. The molecule has 260 valence electrons. The van der Waals surface area contributed by atoms with Crippen LogP contribution >= 0.6 is 0 Å². The molecular weight excluding hydrogens is 688 g/mol. The molecule has 0 fully saturated rings. The normalized spacial score (nSPS) is 18.6. The third kappa shape index (κ3) is 9.71. The molecule has 5 unspecified atom stereocenters. The predicted molar refractivity (Wildman–Crippen MR) is 95.3 cm³/mol. The van der Waals surface area contributed by atoms with Gasteiger partial charge in [0.15, 0.2) is 0 Å². The first-order chi connectivity index (χ1) is 19.4. The zero-order valence-electron chi connectivity index (χ0n) is 20.8. The molecule has 0 bridgehead atoms. The van der Waals surface area contributed by atoms with Gasteiger partial charge in [0.1, 0.15) is 12.1 Å². The summed E-state index contributed by atoms with van der Waals surface area (Å²) in [7, 11) is 0. The Labute approximate surface area is 230 Å². The van der Waals surface area contributed by atoms with E-state index in [0.29, 0.717) is 0 Å². The first-order valence-corrected chi connectivity index (χ1v) is 10.4. The Hall–Kier alpha value is -2.58. The van der Waals surface area contributed by atoms with Crippen LogP contribution in [0.1, 0.15) is 26.7 Å². The molecule has 0 heterocycles. The van der Waals surface area contributed by atoms with E-state index >= 15 is 0 Å². The lowest BCUT2D eigenvalue weighted by Gasteiger charge is -2.38. The van der Waals surface area contributed by atoms with E-state index in [9.17, 15) is 79.0 Å². The quantitative estimate of drug-likeness (QED) is 0.127. The van der Waals surface area contributed by atoms with E-state index in [1.54, 1.807) is 0 Å². The van der Waals surface area contributed by atoms with Gasteiger partial charge in [-0.25, -0.2) is 8.78 Å². The van der Waals surface area contributed by atoms with Gasteiger partial charge in [0, 0.05) is 9.15 Å². The Morgan fingerprint density at radius 3 is 1.45 bits per heavy atom. The van der Waals surface area contributed by atoms with Gasteiger partial charge >= 0.3 is 54.5 Å². The Morgan fingerprint density at radius 2 is 1.14 bits per heavy atom. The van der Waals surface area contributed by atoms with Gasteiger partial charge in [-0.2, -0.15) is 80.8 Å². The fourth-order valence-electron chi connectivity index (χ4n) is 2.43. The van der Waals surface area contributed by atoms with Crippen LogP contribution in [0.2, 0.25) is 0 Å². The molecule has 0 saturated carbocycles. The standard InChI is InChI=1S/C18H14F18N2O4.F2/c1-3-8(39-10(13(24,25)9(19)20)41-12(23,6-38)15(27,28)29)4-7(2)40-18(35,36)14(26,16(30,31)32)42-17(33,34)11(21,22)5-37;1-2/h7-10H,3-4H2,1-2H3;. The summed E-state index contributed by atoms with van der Waals surface area (Å²) >= 11 is 0. The molecule has 0 amide bonds.